The quantitative estimate of drug-likeness (QED) is 0.824. The second-order valence-corrected chi connectivity index (χ2v) is 6.24. The summed E-state index contributed by atoms with van der Waals surface area (Å²) >= 11 is 17.5. The molecular formula is C11H11Cl3N2O2. The maximum Gasteiger partial charge on any atom is 0.239 e. The number of hydrogen-bond acceptors (Lipinski definition) is 4. The van der Waals surface area contributed by atoms with E-state index in [0.717, 1.165) is 0 Å². The summed E-state index contributed by atoms with van der Waals surface area (Å²) in [5.41, 5.74) is -0.876. The van der Waals surface area contributed by atoms with Gasteiger partial charge in [-0.2, -0.15) is 5.10 Å². The predicted molar refractivity (Wildman–Crippen MR) is 73.3 cm³/mol. The molecule has 0 spiro atoms. The Labute approximate surface area is 119 Å². The van der Waals surface area contributed by atoms with Crippen LogP contribution in [0.2, 0.25) is 0 Å². The average molecular weight is 310 g/mol. The van der Waals surface area contributed by atoms with Gasteiger partial charge < -0.3 is 10.2 Å². The number of benzene rings is 1. The van der Waals surface area contributed by atoms with Crippen LogP contribution >= 0.6 is 34.8 Å². The zero-order valence-corrected chi connectivity index (χ0v) is 11.5. The Balaban J connectivity index is 2.44. The molecule has 2 N–H and O–H groups in total. The van der Waals surface area contributed by atoms with Crippen LogP contribution in [0.15, 0.2) is 35.4 Å². The summed E-state index contributed by atoms with van der Waals surface area (Å²) in [6.07, 6.45) is -0.0328. The molecule has 0 fully saturated rings. The molecule has 1 atom stereocenters. The topological polar surface area (TPSA) is 56.1 Å². The number of nitrogens with zero attached hydrogens (tertiary/aromatic N) is 2. The van der Waals surface area contributed by atoms with Crippen LogP contribution in [-0.4, -0.2) is 32.0 Å². The second-order valence-electron chi connectivity index (χ2n) is 3.96. The van der Waals surface area contributed by atoms with Crippen molar-refractivity contribution in [3.8, 4) is 0 Å². The molecule has 7 heteroatoms. The van der Waals surface area contributed by atoms with Gasteiger partial charge in [-0.1, -0.05) is 53.0 Å². The van der Waals surface area contributed by atoms with Gasteiger partial charge in [0, 0.05) is 6.42 Å². The largest absolute Gasteiger partial charge is 0.390 e. The van der Waals surface area contributed by atoms with E-state index in [1.165, 1.54) is 5.01 Å². The third-order valence-electron chi connectivity index (χ3n) is 2.68. The first-order valence-electron chi connectivity index (χ1n) is 5.20. The highest BCUT2D eigenvalue weighted by Crippen LogP contribution is 2.47. The van der Waals surface area contributed by atoms with Crippen LogP contribution in [0.1, 0.15) is 6.42 Å². The minimum absolute atomic E-state index is 0.0328. The number of hydrogen-bond donors (Lipinski definition) is 2. The Bertz CT molecular complexity index is 461. The minimum Gasteiger partial charge on any atom is -0.390 e. The van der Waals surface area contributed by atoms with E-state index in [-0.39, 0.29) is 13.0 Å². The van der Waals surface area contributed by atoms with Gasteiger partial charge in [0.1, 0.15) is 0 Å². The third-order valence-corrected chi connectivity index (χ3v) is 3.59. The average Bonchev–Trinajstić information content (AvgIpc) is 2.68. The summed E-state index contributed by atoms with van der Waals surface area (Å²) in [6.45, 7) is -0.299. The fraction of sp³-hybridized carbons (Fsp3) is 0.364. The molecule has 1 aromatic carbocycles. The number of rotatable bonds is 2. The maximum absolute atomic E-state index is 10.5. The summed E-state index contributed by atoms with van der Waals surface area (Å²) in [7, 11) is 0. The predicted octanol–water partition coefficient (Wildman–Crippen LogP) is 2.30. The molecule has 98 valence electrons. The summed E-state index contributed by atoms with van der Waals surface area (Å²) < 4.78 is -1.96. The van der Waals surface area contributed by atoms with E-state index in [4.69, 9.17) is 39.9 Å². The normalized spacial score (nSPS) is 24.3. The number of hydrazone groups is 1. The van der Waals surface area contributed by atoms with E-state index < -0.39 is 9.52 Å². The molecule has 0 saturated heterocycles. The van der Waals surface area contributed by atoms with Crippen LogP contribution in [0.4, 0.5) is 5.69 Å². The molecular weight excluding hydrogens is 298 g/mol. The Kier molecular flexibility index (Phi) is 3.76. The van der Waals surface area contributed by atoms with Crippen LogP contribution in [0.5, 0.6) is 0 Å². The number of halogens is 3. The Morgan fingerprint density at radius 2 is 1.89 bits per heavy atom. The molecule has 1 heterocycles. The van der Waals surface area contributed by atoms with Gasteiger partial charge in [0.2, 0.25) is 9.52 Å². The molecule has 1 unspecified atom stereocenters. The molecule has 0 saturated carbocycles. The van der Waals surface area contributed by atoms with Crippen LogP contribution in [0.3, 0.4) is 0 Å². The monoisotopic (exact) mass is 308 g/mol. The summed E-state index contributed by atoms with van der Waals surface area (Å²) in [5, 5.41) is 25.0. The van der Waals surface area contributed by atoms with Crippen molar-refractivity contribution in [2.24, 2.45) is 5.10 Å². The van der Waals surface area contributed by atoms with Crippen LogP contribution in [0, 0.1) is 0 Å². The zero-order chi connectivity index (χ0) is 13.4. The lowest BCUT2D eigenvalue weighted by Gasteiger charge is -2.37. The van der Waals surface area contributed by atoms with E-state index in [0.29, 0.717) is 11.4 Å². The minimum atomic E-state index is -1.96. The van der Waals surface area contributed by atoms with Crippen molar-refractivity contribution >= 4 is 46.2 Å². The van der Waals surface area contributed by atoms with Crippen LogP contribution in [0.25, 0.3) is 0 Å². The van der Waals surface area contributed by atoms with Gasteiger partial charge in [-0.25, -0.2) is 5.01 Å². The third kappa shape index (κ3) is 2.31. The molecule has 18 heavy (non-hydrogen) atoms. The molecule has 0 radical (unpaired) electrons. The summed E-state index contributed by atoms with van der Waals surface area (Å²) in [5.74, 6) is 0. The SMILES string of the molecule is OCC1=NN(c2ccccc2)C(O)(C(Cl)(Cl)Cl)C1. The lowest BCUT2D eigenvalue weighted by molar-refractivity contribution is 0.0559. The van der Waals surface area contributed by atoms with E-state index >= 15 is 0 Å². The molecule has 1 aliphatic heterocycles. The van der Waals surface area contributed by atoms with Gasteiger partial charge in [0.25, 0.3) is 0 Å². The van der Waals surface area contributed by atoms with Gasteiger partial charge in [-0.3, -0.25) is 0 Å². The fourth-order valence-electron chi connectivity index (χ4n) is 1.77. The number of anilines is 1. The maximum atomic E-state index is 10.5. The van der Waals surface area contributed by atoms with Crippen molar-refractivity contribution in [3.05, 3.63) is 30.3 Å². The molecule has 0 aliphatic carbocycles. The molecule has 1 aliphatic rings. The summed E-state index contributed by atoms with van der Waals surface area (Å²) in [6, 6.07) is 8.84. The van der Waals surface area contributed by atoms with E-state index in [9.17, 15) is 5.11 Å². The first-order valence-corrected chi connectivity index (χ1v) is 6.33. The van der Waals surface area contributed by atoms with E-state index in [2.05, 4.69) is 5.10 Å². The second kappa shape index (κ2) is 4.87. The number of para-hydroxylation sites is 1. The van der Waals surface area contributed by atoms with Crippen molar-refractivity contribution in [1.82, 2.24) is 0 Å². The van der Waals surface area contributed by atoms with Crippen molar-refractivity contribution in [1.29, 1.82) is 0 Å². The molecule has 0 aromatic heterocycles. The molecule has 2 rings (SSSR count). The first-order chi connectivity index (χ1) is 8.38. The summed E-state index contributed by atoms with van der Waals surface area (Å²) in [4.78, 5) is 0. The zero-order valence-electron chi connectivity index (χ0n) is 9.22. The molecule has 1 aromatic rings. The standard InChI is InChI=1S/C11H11Cl3N2O2/c12-11(13,14)10(18)6-8(7-17)15-16(10)9-4-2-1-3-5-9/h1-5,17-18H,6-7H2. The van der Waals surface area contributed by atoms with Gasteiger partial charge in [-0.15, -0.1) is 0 Å². The lowest BCUT2D eigenvalue weighted by atomic mass is 10.1. The molecule has 4 nitrogen and oxygen atoms in total. The molecule has 0 bridgehead atoms. The van der Waals surface area contributed by atoms with Crippen LogP contribution in [-0.2, 0) is 0 Å². The van der Waals surface area contributed by atoms with Crippen molar-refractivity contribution in [3.63, 3.8) is 0 Å². The highest BCUT2D eigenvalue weighted by molar-refractivity contribution is 6.68. The Hall–Kier alpha value is -0.520. The lowest BCUT2D eigenvalue weighted by Crippen LogP contribution is -2.53. The van der Waals surface area contributed by atoms with Gasteiger partial charge in [0.05, 0.1) is 18.0 Å². The van der Waals surface area contributed by atoms with Gasteiger partial charge in [-0.05, 0) is 12.1 Å². The molecule has 0 amide bonds. The number of alkyl halides is 3. The van der Waals surface area contributed by atoms with Crippen molar-refractivity contribution in [2.45, 2.75) is 15.9 Å². The number of aliphatic hydroxyl groups excluding tert-OH is 1. The van der Waals surface area contributed by atoms with E-state index in [1.54, 1.807) is 24.3 Å². The highest BCUT2D eigenvalue weighted by atomic mass is 35.6. The number of aliphatic hydroxyl groups is 2. The Morgan fingerprint density at radius 3 is 2.39 bits per heavy atom. The fourth-order valence-corrected chi connectivity index (χ4v) is 2.21. The van der Waals surface area contributed by atoms with Crippen LogP contribution < -0.4 is 5.01 Å². The first kappa shape index (κ1) is 13.9. The van der Waals surface area contributed by atoms with E-state index in [1.807, 2.05) is 6.07 Å². The Morgan fingerprint density at radius 1 is 1.28 bits per heavy atom. The van der Waals surface area contributed by atoms with Gasteiger partial charge in [0.15, 0.2) is 0 Å². The van der Waals surface area contributed by atoms with Crippen molar-refractivity contribution in [2.75, 3.05) is 11.6 Å². The van der Waals surface area contributed by atoms with Crippen molar-refractivity contribution < 1.29 is 10.2 Å². The van der Waals surface area contributed by atoms with Gasteiger partial charge >= 0.3 is 0 Å². The smallest absolute Gasteiger partial charge is 0.239 e. The highest BCUT2D eigenvalue weighted by Gasteiger charge is 2.56.